The lowest BCUT2D eigenvalue weighted by Gasteiger charge is -2.40. The first-order chi connectivity index (χ1) is 11.5. The van der Waals surface area contributed by atoms with Gasteiger partial charge in [-0.3, -0.25) is 4.79 Å². The van der Waals surface area contributed by atoms with E-state index in [0.29, 0.717) is 35.7 Å². The topological polar surface area (TPSA) is 49.8 Å². The van der Waals surface area contributed by atoms with Gasteiger partial charge in [-0.1, -0.05) is 43.3 Å². The van der Waals surface area contributed by atoms with Crippen LogP contribution in [0.5, 0.6) is 11.5 Å². The van der Waals surface area contributed by atoms with E-state index >= 15 is 0 Å². The Morgan fingerprint density at radius 1 is 1.04 bits per heavy atom. The highest BCUT2D eigenvalue weighted by atomic mass is 16.5. The van der Waals surface area contributed by atoms with Gasteiger partial charge < -0.3 is 14.7 Å². The fraction of sp³-hybridized carbons (Fsp3) is 0.350. The van der Waals surface area contributed by atoms with Crippen molar-refractivity contribution in [3.63, 3.8) is 0 Å². The van der Waals surface area contributed by atoms with Crippen LogP contribution in [0.4, 0.5) is 0 Å². The number of rotatable bonds is 4. The molecule has 2 aromatic carbocycles. The van der Waals surface area contributed by atoms with E-state index in [9.17, 15) is 9.90 Å². The minimum absolute atomic E-state index is 0.0611. The maximum atomic E-state index is 13.0. The van der Waals surface area contributed by atoms with Crippen LogP contribution in [0.25, 0.3) is 0 Å². The Balaban J connectivity index is 2.16. The smallest absolute Gasteiger partial charge is 0.229 e. The lowest BCUT2D eigenvalue weighted by molar-refractivity contribution is -0.142. The summed E-state index contributed by atoms with van der Waals surface area (Å²) < 4.78 is 5.93. The summed E-state index contributed by atoms with van der Waals surface area (Å²) in [5.41, 5.74) is -0.140. The Kier molecular flexibility index (Phi) is 4.33. The lowest BCUT2D eigenvalue weighted by Crippen LogP contribution is -2.47. The number of para-hydroxylation sites is 2. The zero-order valence-electron chi connectivity index (χ0n) is 14.3. The number of hydrogen-bond acceptors (Lipinski definition) is 3. The Morgan fingerprint density at radius 2 is 1.50 bits per heavy atom. The number of nitrogens with zero attached hydrogens (tertiary/aromatic N) is 1. The molecule has 0 aliphatic carbocycles. The fourth-order valence-corrected chi connectivity index (χ4v) is 3.46. The minimum atomic E-state index is -1.41. The van der Waals surface area contributed by atoms with Crippen LogP contribution in [0.2, 0.25) is 0 Å². The molecule has 0 fully saturated rings. The van der Waals surface area contributed by atoms with Gasteiger partial charge in [-0.05, 0) is 26.0 Å². The van der Waals surface area contributed by atoms with Crippen LogP contribution in [0.3, 0.4) is 0 Å². The predicted molar refractivity (Wildman–Crippen MR) is 93.0 cm³/mol. The van der Waals surface area contributed by atoms with Crippen molar-refractivity contribution >= 4 is 5.91 Å². The standard InChI is InChI=1S/C20H23NO3/c1-4-21(5-2)19(22)14(3)20(23)15-10-6-8-12-17(15)24-18-13-9-7-11-16(18)20/h6-14,23H,4-5H2,1-3H3/t14-/m1/s1. The monoisotopic (exact) mass is 325 g/mol. The highest BCUT2D eigenvalue weighted by Crippen LogP contribution is 2.50. The second kappa shape index (κ2) is 6.29. The van der Waals surface area contributed by atoms with Gasteiger partial charge in [0.2, 0.25) is 5.91 Å². The van der Waals surface area contributed by atoms with Crippen LogP contribution in [0.1, 0.15) is 31.9 Å². The van der Waals surface area contributed by atoms with Gasteiger partial charge >= 0.3 is 0 Å². The highest BCUT2D eigenvalue weighted by Gasteiger charge is 2.48. The molecule has 1 N–H and O–H groups in total. The number of ether oxygens (including phenoxy) is 1. The van der Waals surface area contributed by atoms with E-state index in [1.54, 1.807) is 11.8 Å². The van der Waals surface area contributed by atoms with E-state index in [0.717, 1.165) is 0 Å². The first kappa shape index (κ1) is 16.5. The summed E-state index contributed by atoms with van der Waals surface area (Å²) in [6, 6.07) is 14.8. The van der Waals surface area contributed by atoms with Gasteiger partial charge in [0.25, 0.3) is 0 Å². The largest absolute Gasteiger partial charge is 0.457 e. The molecule has 4 nitrogen and oxygen atoms in total. The van der Waals surface area contributed by atoms with Gasteiger partial charge in [-0.2, -0.15) is 0 Å². The van der Waals surface area contributed by atoms with Crippen LogP contribution in [0, 0.1) is 5.92 Å². The van der Waals surface area contributed by atoms with Crippen LogP contribution < -0.4 is 4.74 Å². The molecule has 0 radical (unpaired) electrons. The minimum Gasteiger partial charge on any atom is -0.457 e. The predicted octanol–water partition coefficient (Wildman–Crippen LogP) is 3.53. The molecule has 2 aromatic rings. The number of benzene rings is 2. The molecule has 0 unspecified atom stereocenters. The number of carbonyl (C=O) groups is 1. The molecule has 1 amide bonds. The molecule has 4 heteroatoms. The second-order valence-corrected chi connectivity index (χ2v) is 6.09. The van der Waals surface area contributed by atoms with E-state index in [4.69, 9.17) is 4.74 Å². The third-order valence-electron chi connectivity index (χ3n) is 4.89. The molecule has 3 rings (SSSR count). The van der Waals surface area contributed by atoms with Crippen LogP contribution in [-0.4, -0.2) is 29.0 Å². The van der Waals surface area contributed by atoms with E-state index < -0.39 is 11.5 Å². The molecular formula is C20H23NO3. The average molecular weight is 325 g/mol. The molecule has 0 saturated heterocycles. The third-order valence-corrected chi connectivity index (χ3v) is 4.89. The quantitative estimate of drug-likeness (QED) is 0.935. The molecular weight excluding hydrogens is 302 g/mol. The maximum absolute atomic E-state index is 13.0. The number of hydrogen-bond donors (Lipinski definition) is 1. The Labute approximate surface area is 142 Å². The van der Waals surface area contributed by atoms with Gasteiger partial charge in [0, 0.05) is 24.2 Å². The Morgan fingerprint density at radius 3 is 1.96 bits per heavy atom. The van der Waals surface area contributed by atoms with Crippen molar-refractivity contribution in [1.29, 1.82) is 0 Å². The molecule has 1 aliphatic heterocycles. The molecule has 0 aromatic heterocycles. The van der Waals surface area contributed by atoms with Crippen LogP contribution in [0.15, 0.2) is 48.5 Å². The summed E-state index contributed by atoms with van der Waals surface area (Å²) in [6.07, 6.45) is 0. The summed E-state index contributed by atoms with van der Waals surface area (Å²) in [5.74, 6) is 0.508. The second-order valence-electron chi connectivity index (χ2n) is 6.09. The SMILES string of the molecule is CCN(CC)C(=O)[C@@H](C)C1(O)c2ccccc2Oc2ccccc21. The lowest BCUT2D eigenvalue weighted by atomic mass is 9.74. The molecule has 126 valence electrons. The molecule has 0 spiro atoms. The number of fused-ring (bicyclic) bond motifs is 2. The van der Waals surface area contributed by atoms with Gasteiger partial charge in [0.15, 0.2) is 0 Å². The summed E-state index contributed by atoms with van der Waals surface area (Å²) >= 11 is 0. The van der Waals surface area contributed by atoms with Gasteiger partial charge in [0.1, 0.15) is 17.1 Å². The van der Waals surface area contributed by atoms with Gasteiger partial charge in [-0.15, -0.1) is 0 Å². The first-order valence-electron chi connectivity index (χ1n) is 8.42. The molecule has 24 heavy (non-hydrogen) atoms. The third kappa shape index (κ3) is 2.38. The Bertz CT molecular complexity index is 707. The molecule has 1 heterocycles. The normalized spacial score (nSPS) is 15.7. The van der Waals surface area contributed by atoms with Crippen LogP contribution in [-0.2, 0) is 10.4 Å². The van der Waals surface area contributed by atoms with Crippen molar-refractivity contribution in [3.8, 4) is 11.5 Å². The molecule has 0 saturated carbocycles. The Hall–Kier alpha value is -2.33. The summed E-state index contributed by atoms with van der Waals surface area (Å²) in [6.45, 7) is 6.93. The fourth-order valence-electron chi connectivity index (χ4n) is 3.46. The van der Waals surface area contributed by atoms with Crippen molar-refractivity contribution in [2.45, 2.75) is 26.4 Å². The van der Waals surface area contributed by atoms with Gasteiger partial charge in [0.05, 0.1) is 5.92 Å². The van der Waals surface area contributed by atoms with Gasteiger partial charge in [-0.25, -0.2) is 0 Å². The number of carbonyl (C=O) groups excluding carboxylic acids is 1. The van der Waals surface area contributed by atoms with E-state index in [1.165, 1.54) is 0 Å². The van der Waals surface area contributed by atoms with E-state index in [2.05, 4.69) is 0 Å². The average Bonchev–Trinajstić information content (AvgIpc) is 2.62. The van der Waals surface area contributed by atoms with Crippen molar-refractivity contribution in [2.24, 2.45) is 5.92 Å². The number of aliphatic hydroxyl groups is 1. The molecule has 0 bridgehead atoms. The first-order valence-corrected chi connectivity index (χ1v) is 8.42. The molecule has 1 atom stereocenters. The van der Waals surface area contributed by atoms with Crippen molar-refractivity contribution in [2.75, 3.05) is 13.1 Å². The summed E-state index contributed by atoms with van der Waals surface area (Å²) in [7, 11) is 0. The van der Waals surface area contributed by atoms with E-state index in [-0.39, 0.29) is 5.91 Å². The van der Waals surface area contributed by atoms with Crippen molar-refractivity contribution in [1.82, 2.24) is 4.90 Å². The summed E-state index contributed by atoms with van der Waals surface area (Å²) in [5, 5.41) is 11.7. The summed E-state index contributed by atoms with van der Waals surface area (Å²) in [4.78, 5) is 14.7. The van der Waals surface area contributed by atoms with Crippen molar-refractivity contribution < 1.29 is 14.6 Å². The van der Waals surface area contributed by atoms with E-state index in [1.807, 2.05) is 62.4 Å². The zero-order valence-corrected chi connectivity index (χ0v) is 14.3. The number of amides is 1. The molecule has 1 aliphatic rings. The zero-order chi connectivity index (χ0) is 17.3. The highest BCUT2D eigenvalue weighted by molar-refractivity contribution is 5.81. The maximum Gasteiger partial charge on any atom is 0.229 e. The van der Waals surface area contributed by atoms with Crippen LogP contribution >= 0.6 is 0 Å². The van der Waals surface area contributed by atoms with Crippen molar-refractivity contribution in [3.05, 3.63) is 59.7 Å².